The van der Waals surface area contributed by atoms with Crippen LogP contribution in [0.5, 0.6) is 0 Å². The number of benzene rings is 2. The monoisotopic (exact) mass is 377 g/mol. The number of thiazole rings is 1. The Morgan fingerprint density at radius 2 is 1.85 bits per heavy atom. The Hall–Kier alpha value is -2.50. The van der Waals surface area contributed by atoms with E-state index >= 15 is 0 Å². The van der Waals surface area contributed by atoms with Crippen LogP contribution in [0.2, 0.25) is 0 Å². The SMILES string of the molecule is Cc1cccc(-c2nc(-n3nc(CO)c4cc(C)ccc43)sc2C(C)C)c1. The molecule has 138 valence electrons. The van der Waals surface area contributed by atoms with E-state index in [2.05, 4.69) is 68.3 Å². The summed E-state index contributed by atoms with van der Waals surface area (Å²) in [5, 5.41) is 16.2. The number of aliphatic hydroxyl groups excluding tert-OH is 1. The van der Waals surface area contributed by atoms with Crippen LogP contribution < -0.4 is 0 Å². The highest BCUT2D eigenvalue weighted by Crippen LogP contribution is 2.36. The smallest absolute Gasteiger partial charge is 0.211 e. The van der Waals surface area contributed by atoms with Crippen molar-refractivity contribution in [3.8, 4) is 16.4 Å². The van der Waals surface area contributed by atoms with Crippen molar-refractivity contribution in [1.82, 2.24) is 14.8 Å². The van der Waals surface area contributed by atoms with E-state index in [1.807, 2.05) is 11.6 Å². The molecule has 0 aliphatic rings. The van der Waals surface area contributed by atoms with Crippen LogP contribution in [0.3, 0.4) is 0 Å². The average Bonchev–Trinajstić information content (AvgIpc) is 3.23. The quantitative estimate of drug-likeness (QED) is 0.519. The average molecular weight is 378 g/mol. The number of aryl methyl sites for hydroxylation is 2. The molecular weight excluding hydrogens is 354 g/mol. The molecule has 0 atom stereocenters. The molecule has 0 amide bonds. The van der Waals surface area contributed by atoms with Crippen LogP contribution >= 0.6 is 11.3 Å². The van der Waals surface area contributed by atoms with E-state index in [1.54, 1.807) is 11.3 Å². The second-order valence-electron chi connectivity index (χ2n) is 7.27. The molecule has 2 aromatic carbocycles. The van der Waals surface area contributed by atoms with Crippen LogP contribution in [0.1, 0.15) is 41.5 Å². The predicted molar refractivity (Wildman–Crippen MR) is 112 cm³/mol. The van der Waals surface area contributed by atoms with Gasteiger partial charge in [-0.3, -0.25) is 0 Å². The van der Waals surface area contributed by atoms with Crippen molar-refractivity contribution in [1.29, 1.82) is 0 Å². The fourth-order valence-electron chi connectivity index (χ4n) is 3.36. The normalized spacial score (nSPS) is 11.6. The van der Waals surface area contributed by atoms with Crippen molar-refractivity contribution in [3.05, 3.63) is 64.2 Å². The van der Waals surface area contributed by atoms with Crippen LogP contribution in [0.4, 0.5) is 0 Å². The van der Waals surface area contributed by atoms with Gasteiger partial charge in [0.1, 0.15) is 0 Å². The Bertz CT molecular complexity index is 1120. The van der Waals surface area contributed by atoms with Crippen LogP contribution in [-0.2, 0) is 6.61 Å². The second-order valence-corrected chi connectivity index (χ2v) is 8.28. The minimum atomic E-state index is -0.0832. The third-order valence-corrected chi connectivity index (χ3v) is 6.03. The molecule has 0 unspecified atom stereocenters. The zero-order valence-corrected chi connectivity index (χ0v) is 16.8. The minimum absolute atomic E-state index is 0.0832. The van der Waals surface area contributed by atoms with Gasteiger partial charge in [-0.15, -0.1) is 0 Å². The summed E-state index contributed by atoms with van der Waals surface area (Å²) in [7, 11) is 0. The number of fused-ring (bicyclic) bond motifs is 1. The molecule has 0 saturated heterocycles. The number of nitrogens with zero attached hydrogens (tertiary/aromatic N) is 3. The number of rotatable bonds is 4. The predicted octanol–water partition coefficient (Wildman–Crippen LogP) is 5.38. The molecule has 0 aliphatic heterocycles. The zero-order chi connectivity index (χ0) is 19.1. The lowest BCUT2D eigenvalue weighted by molar-refractivity contribution is 0.277. The maximum Gasteiger partial charge on any atom is 0.211 e. The van der Waals surface area contributed by atoms with Crippen molar-refractivity contribution >= 4 is 22.2 Å². The number of hydrogen-bond donors (Lipinski definition) is 1. The summed E-state index contributed by atoms with van der Waals surface area (Å²) in [5.41, 5.74) is 6.20. The molecule has 2 heterocycles. The number of aliphatic hydroxyl groups is 1. The lowest BCUT2D eigenvalue weighted by atomic mass is 10.0. The molecule has 0 radical (unpaired) electrons. The highest BCUT2D eigenvalue weighted by Gasteiger charge is 2.20. The molecule has 0 spiro atoms. The first-order chi connectivity index (χ1) is 13.0. The Kier molecular flexibility index (Phi) is 4.58. The van der Waals surface area contributed by atoms with Crippen molar-refractivity contribution in [2.75, 3.05) is 0 Å². The summed E-state index contributed by atoms with van der Waals surface area (Å²) in [6.07, 6.45) is 0. The van der Waals surface area contributed by atoms with Crippen molar-refractivity contribution < 1.29 is 5.11 Å². The van der Waals surface area contributed by atoms with Crippen LogP contribution in [0, 0.1) is 13.8 Å². The maximum atomic E-state index is 9.75. The summed E-state index contributed by atoms with van der Waals surface area (Å²) < 4.78 is 1.87. The zero-order valence-electron chi connectivity index (χ0n) is 16.0. The van der Waals surface area contributed by atoms with E-state index in [4.69, 9.17) is 4.98 Å². The maximum absolute atomic E-state index is 9.75. The standard InChI is InChI=1S/C22H23N3OS/c1-13(2)21-20(16-7-5-6-14(3)10-16)23-22(27-21)25-19-9-8-15(4)11-17(19)18(12-26)24-25/h5-11,13,26H,12H2,1-4H3. The fourth-order valence-corrected chi connectivity index (χ4v) is 4.41. The number of hydrogen-bond acceptors (Lipinski definition) is 4. The Labute approximate surface area is 163 Å². The lowest BCUT2D eigenvalue weighted by Crippen LogP contribution is -1.96. The largest absolute Gasteiger partial charge is 0.390 e. The van der Waals surface area contributed by atoms with E-state index in [9.17, 15) is 5.11 Å². The first-order valence-electron chi connectivity index (χ1n) is 9.15. The van der Waals surface area contributed by atoms with Gasteiger partial charge in [0.05, 0.1) is 23.5 Å². The van der Waals surface area contributed by atoms with E-state index in [0.717, 1.165) is 32.9 Å². The summed E-state index contributed by atoms with van der Waals surface area (Å²) >= 11 is 1.67. The van der Waals surface area contributed by atoms with E-state index < -0.39 is 0 Å². The van der Waals surface area contributed by atoms with Gasteiger partial charge in [0.15, 0.2) is 0 Å². The lowest BCUT2D eigenvalue weighted by Gasteiger charge is -2.05. The summed E-state index contributed by atoms with van der Waals surface area (Å²) in [4.78, 5) is 6.22. The van der Waals surface area contributed by atoms with Gasteiger partial charge in [-0.25, -0.2) is 9.67 Å². The summed E-state index contributed by atoms with van der Waals surface area (Å²) in [6, 6.07) is 14.7. The third-order valence-electron chi connectivity index (χ3n) is 4.70. The molecular formula is C22H23N3OS. The van der Waals surface area contributed by atoms with Gasteiger partial charge in [0.25, 0.3) is 0 Å². The van der Waals surface area contributed by atoms with Gasteiger partial charge in [-0.2, -0.15) is 5.10 Å². The van der Waals surface area contributed by atoms with Gasteiger partial charge in [0, 0.05) is 15.8 Å². The van der Waals surface area contributed by atoms with Crippen LogP contribution in [0.25, 0.3) is 27.3 Å². The topological polar surface area (TPSA) is 50.9 Å². The number of aromatic nitrogens is 3. The third kappa shape index (κ3) is 3.17. The van der Waals surface area contributed by atoms with E-state index in [-0.39, 0.29) is 6.61 Å². The molecule has 0 fully saturated rings. The van der Waals surface area contributed by atoms with E-state index in [0.29, 0.717) is 11.6 Å². The van der Waals surface area contributed by atoms with Crippen molar-refractivity contribution in [2.24, 2.45) is 0 Å². The Balaban J connectivity index is 1.93. The van der Waals surface area contributed by atoms with Gasteiger partial charge >= 0.3 is 0 Å². The van der Waals surface area contributed by atoms with E-state index in [1.165, 1.54) is 10.4 Å². The fraction of sp³-hybridized carbons (Fsp3) is 0.273. The molecule has 0 bridgehead atoms. The second kappa shape index (κ2) is 6.91. The summed E-state index contributed by atoms with van der Waals surface area (Å²) in [6.45, 7) is 8.46. The Morgan fingerprint density at radius 1 is 1.07 bits per heavy atom. The minimum Gasteiger partial charge on any atom is -0.390 e. The molecule has 4 rings (SSSR count). The van der Waals surface area contributed by atoms with Crippen LogP contribution in [-0.4, -0.2) is 19.9 Å². The van der Waals surface area contributed by atoms with Crippen molar-refractivity contribution in [2.45, 2.75) is 40.2 Å². The first-order valence-corrected chi connectivity index (χ1v) is 9.97. The van der Waals surface area contributed by atoms with Gasteiger partial charge in [0.2, 0.25) is 5.13 Å². The molecule has 2 aromatic heterocycles. The van der Waals surface area contributed by atoms with Crippen LogP contribution in [0.15, 0.2) is 42.5 Å². The molecule has 4 nitrogen and oxygen atoms in total. The molecule has 4 aromatic rings. The Morgan fingerprint density at radius 3 is 2.56 bits per heavy atom. The van der Waals surface area contributed by atoms with Gasteiger partial charge in [-0.1, -0.05) is 60.6 Å². The highest BCUT2D eigenvalue weighted by atomic mass is 32.1. The molecule has 0 aliphatic carbocycles. The van der Waals surface area contributed by atoms with Crippen molar-refractivity contribution in [3.63, 3.8) is 0 Å². The summed E-state index contributed by atoms with van der Waals surface area (Å²) in [5.74, 6) is 0.369. The molecule has 5 heteroatoms. The molecule has 0 saturated carbocycles. The molecule has 1 N–H and O–H groups in total. The molecule has 27 heavy (non-hydrogen) atoms. The highest BCUT2D eigenvalue weighted by molar-refractivity contribution is 7.14. The van der Waals surface area contributed by atoms with Gasteiger partial charge in [-0.05, 0) is 38.0 Å². The van der Waals surface area contributed by atoms with Gasteiger partial charge < -0.3 is 5.11 Å². The first kappa shape index (κ1) is 17.9.